The maximum absolute atomic E-state index is 13.2. The number of alkyl halides is 3. The summed E-state index contributed by atoms with van der Waals surface area (Å²) in [7, 11) is 4.57. The van der Waals surface area contributed by atoms with Gasteiger partial charge in [-0.25, -0.2) is 4.98 Å². The Balaban J connectivity index is 1.78. The van der Waals surface area contributed by atoms with E-state index in [9.17, 15) is 18.0 Å². The Kier molecular flexibility index (Phi) is 5.83. The number of aromatic nitrogens is 1. The minimum Gasteiger partial charge on any atom is -0.497 e. The Labute approximate surface area is 168 Å². The Morgan fingerprint density at radius 1 is 1.21 bits per heavy atom. The third kappa shape index (κ3) is 4.53. The van der Waals surface area contributed by atoms with Crippen LogP contribution < -0.4 is 19.7 Å². The van der Waals surface area contributed by atoms with Crippen molar-refractivity contribution in [2.45, 2.75) is 6.18 Å². The number of hydrogen-bond donors (Lipinski definition) is 1. The molecule has 0 bridgehead atoms. The molecule has 0 fully saturated rings. The summed E-state index contributed by atoms with van der Waals surface area (Å²) in [5.41, 5.74) is -0.493. The van der Waals surface area contributed by atoms with E-state index in [2.05, 4.69) is 10.3 Å². The molecule has 1 heterocycles. The van der Waals surface area contributed by atoms with Crippen LogP contribution in [0.15, 0.2) is 36.4 Å². The Morgan fingerprint density at radius 3 is 2.62 bits per heavy atom. The van der Waals surface area contributed by atoms with Crippen molar-refractivity contribution in [2.75, 3.05) is 38.0 Å². The molecule has 0 spiro atoms. The van der Waals surface area contributed by atoms with Crippen LogP contribution in [0.5, 0.6) is 11.5 Å². The van der Waals surface area contributed by atoms with Gasteiger partial charge in [0.2, 0.25) is 5.91 Å². The number of halogens is 3. The molecule has 0 saturated heterocycles. The molecule has 6 nitrogen and oxygen atoms in total. The number of anilines is 2. The number of likely N-dealkylation sites (N-methyl/N-ethyl adjacent to an activating group) is 1. The summed E-state index contributed by atoms with van der Waals surface area (Å²) in [5, 5.41) is 3.03. The Bertz CT molecular complexity index is 1040. The zero-order chi connectivity index (χ0) is 21.2. The highest BCUT2D eigenvalue weighted by molar-refractivity contribution is 7.22. The molecule has 3 rings (SSSR count). The number of fused-ring (bicyclic) bond motifs is 1. The lowest BCUT2D eigenvalue weighted by molar-refractivity contribution is -0.136. The molecule has 0 aliphatic carbocycles. The maximum atomic E-state index is 13.2. The van der Waals surface area contributed by atoms with Gasteiger partial charge < -0.3 is 19.7 Å². The first-order valence-electron chi connectivity index (χ1n) is 8.42. The first-order chi connectivity index (χ1) is 13.7. The van der Waals surface area contributed by atoms with Gasteiger partial charge in [0.25, 0.3) is 0 Å². The molecule has 0 atom stereocenters. The predicted octanol–water partition coefficient (Wildman–Crippen LogP) is 4.41. The first-order valence-corrected chi connectivity index (χ1v) is 9.24. The van der Waals surface area contributed by atoms with E-state index in [4.69, 9.17) is 9.47 Å². The summed E-state index contributed by atoms with van der Waals surface area (Å²) < 4.78 is 50.3. The lowest BCUT2D eigenvalue weighted by atomic mass is 10.2. The van der Waals surface area contributed by atoms with Crippen molar-refractivity contribution >= 4 is 38.3 Å². The highest BCUT2D eigenvalue weighted by atomic mass is 32.1. The number of carbonyl (C=O) groups excluding carboxylic acids is 1. The topological polar surface area (TPSA) is 63.7 Å². The van der Waals surface area contributed by atoms with Crippen molar-refractivity contribution in [2.24, 2.45) is 0 Å². The standard InChI is InChI=1S/C19H18F3N3O3S/c1-25(10-16(26)23-13-9-11(27-2)7-8-14(13)28-3)18-24-17-12(19(20,21)22)5-4-6-15(17)29-18/h4-9H,10H2,1-3H3,(H,23,26). The lowest BCUT2D eigenvalue weighted by Gasteiger charge is -2.16. The van der Waals surface area contributed by atoms with E-state index < -0.39 is 11.7 Å². The van der Waals surface area contributed by atoms with Gasteiger partial charge in [-0.3, -0.25) is 4.79 Å². The average Bonchev–Trinajstić information content (AvgIpc) is 3.11. The number of benzene rings is 2. The van der Waals surface area contributed by atoms with E-state index in [-0.39, 0.29) is 18.0 Å². The number of para-hydroxylation sites is 1. The zero-order valence-electron chi connectivity index (χ0n) is 15.8. The molecule has 2 aromatic carbocycles. The van der Waals surface area contributed by atoms with Gasteiger partial charge in [-0.05, 0) is 24.3 Å². The quantitative estimate of drug-likeness (QED) is 0.634. The average molecular weight is 425 g/mol. The number of amides is 1. The highest BCUT2D eigenvalue weighted by Gasteiger charge is 2.34. The van der Waals surface area contributed by atoms with E-state index in [0.717, 1.165) is 17.4 Å². The monoisotopic (exact) mass is 425 g/mol. The molecule has 0 radical (unpaired) electrons. The second-order valence-electron chi connectivity index (χ2n) is 6.12. The van der Waals surface area contributed by atoms with Crippen LogP contribution in [0.2, 0.25) is 0 Å². The molecule has 29 heavy (non-hydrogen) atoms. The summed E-state index contributed by atoms with van der Waals surface area (Å²) in [6.07, 6.45) is -4.50. The third-order valence-electron chi connectivity index (χ3n) is 4.10. The summed E-state index contributed by atoms with van der Waals surface area (Å²) in [6.45, 7) is -0.110. The molecule has 1 aromatic heterocycles. The molecule has 0 aliphatic rings. The largest absolute Gasteiger partial charge is 0.497 e. The lowest BCUT2D eigenvalue weighted by Crippen LogP contribution is -2.30. The van der Waals surface area contributed by atoms with E-state index in [1.807, 2.05) is 0 Å². The second kappa shape index (κ2) is 8.16. The van der Waals surface area contributed by atoms with Crippen molar-refractivity contribution < 1.29 is 27.4 Å². The molecule has 3 aromatic rings. The minimum atomic E-state index is -4.50. The van der Waals surface area contributed by atoms with Gasteiger partial charge in [-0.2, -0.15) is 13.2 Å². The number of methoxy groups -OCH3 is 2. The maximum Gasteiger partial charge on any atom is 0.418 e. The number of nitrogens with one attached hydrogen (secondary N) is 1. The van der Waals surface area contributed by atoms with Gasteiger partial charge in [-0.1, -0.05) is 17.4 Å². The summed E-state index contributed by atoms with van der Waals surface area (Å²) >= 11 is 1.09. The van der Waals surface area contributed by atoms with Crippen LogP contribution in [0.25, 0.3) is 10.2 Å². The molecule has 10 heteroatoms. The number of nitrogens with zero attached hydrogens (tertiary/aromatic N) is 2. The van der Waals surface area contributed by atoms with Crippen molar-refractivity contribution in [1.82, 2.24) is 4.98 Å². The van der Waals surface area contributed by atoms with Gasteiger partial charge in [0.1, 0.15) is 11.5 Å². The van der Waals surface area contributed by atoms with Gasteiger partial charge in [-0.15, -0.1) is 0 Å². The van der Waals surface area contributed by atoms with E-state index in [1.54, 1.807) is 31.3 Å². The van der Waals surface area contributed by atoms with Crippen molar-refractivity contribution in [3.8, 4) is 11.5 Å². The van der Waals surface area contributed by atoms with Crippen LogP contribution >= 0.6 is 11.3 Å². The number of ether oxygens (including phenoxy) is 2. The van der Waals surface area contributed by atoms with Gasteiger partial charge >= 0.3 is 6.18 Å². The fourth-order valence-electron chi connectivity index (χ4n) is 2.71. The molecule has 1 amide bonds. The number of thiazole rings is 1. The van der Waals surface area contributed by atoms with Crippen molar-refractivity contribution in [3.63, 3.8) is 0 Å². The molecule has 1 N–H and O–H groups in total. The minimum absolute atomic E-state index is 0.110. The van der Waals surface area contributed by atoms with Gasteiger partial charge in [0.15, 0.2) is 5.13 Å². The van der Waals surface area contributed by atoms with E-state index in [0.29, 0.717) is 27.0 Å². The van der Waals surface area contributed by atoms with Gasteiger partial charge in [0, 0.05) is 13.1 Å². The fourth-order valence-corrected chi connectivity index (χ4v) is 3.67. The number of rotatable bonds is 6. The van der Waals surface area contributed by atoms with E-state index in [1.165, 1.54) is 25.2 Å². The predicted molar refractivity (Wildman–Crippen MR) is 106 cm³/mol. The van der Waals surface area contributed by atoms with Crippen LogP contribution in [-0.4, -0.2) is 38.7 Å². The van der Waals surface area contributed by atoms with Crippen LogP contribution in [0, 0.1) is 0 Å². The Morgan fingerprint density at radius 2 is 1.97 bits per heavy atom. The van der Waals surface area contributed by atoms with Crippen LogP contribution in [-0.2, 0) is 11.0 Å². The van der Waals surface area contributed by atoms with Crippen molar-refractivity contribution in [1.29, 1.82) is 0 Å². The summed E-state index contributed by atoms with van der Waals surface area (Å²) in [4.78, 5) is 18.0. The van der Waals surface area contributed by atoms with Gasteiger partial charge in [0.05, 0.1) is 42.2 Å². The molecule has 0 saturated carbocycles. The van der Waals surface area contributed by atoms with Crippen LogP contribution in [0.1, 0.15) is 5.56 Å². The number of hydrogen-bond acceptors (Lipinski definition) is 6. The molecule has 0 unspecified atom stereocenters. The van der Waals surface area contributed by atoms with Crippen LogP contribution in [0.3, 0.4) is 0 Å². The van der Waals surface area contributed by atoms with Crippen molar-refractivity contribution in [3.05, 3.63) is 42.0 Å². The van der Waals surface area contributed by atoms with Crippen LogP contribution in [0.4, 0.5) is 24.0 Å². The fraction of sp³-hybridized carbons (Fsp3) is 0.263. The highest BCUT2D eigenvalue weighted by Crippen LogP contribution is 2.38. The molecular weight excluding hydrogens is 407 g/mol. The molecule has 154 valence electrons. The smallest absolute Gasteiger partial charge is 0.418 e. The Hall–Kier alpha value is -3.01. The normalized spacial score (nSPS) is 11.4. The summed E-state index contributed by atoms with van der Waals surface area (Å²) in [5.74, 6) is 0.617. The SMILES string of the molecule is COc1ccc(OC)c(NC(=O)CN(C)c2nc3c(C(F)(F)F)cccc3s2)c1. The molecular formula is C19H18F3N3O3S. The third-order valence-corrected chi connectivity index (χ3v) is 5.24. The molecule has 0 aliphatic heterocycles. The summed E-state index contributed by atoms with van der Waals surface area (Å²) in [6, 6.07) is 8.87. The second-order valence-corrected chi connectivity index (χ2v) is 7.13. The van der Waals surface area contributed by atoms with E-state index >= 15 is 0 Å². The first kappa shape index (κ1) is 20.7. The zero-order valence-corrected chi connectivity index (χ0v) is 16.6. The number of carbonyl (C=O) groups is 1.